The first-order chi connectivity index (χ1) is 6.70. The number of ether oxygens (including phenoxy) is 1. The molecular weight excluding hydrogens is 180 g/mol. The Balaban J connectivity index is 3.65. The fourth-order valence-electron chi connectivity index (χ4n) is 0.797. The molecule has 3 heteroatoms. The molecule has 0 aliphatic carbocycles. The van der Waals surface area contributed by atoms with Gasteiger partial charge in [0.15, 0.2) is 0 Å². The van der Waals surface area contributed by atoms with E-state index in [0.29, 0.717) is 6.61 Å². The topological polar surface area (TPSA) is 43.4 Å². The average Bonchev–Trinajstić information content (AvgIpc) is 2.16. The molecule has 78 valence electrons. The van der Waals surface area contributed by atoms with Crippen molar-refractivity contribution < 1.29 is 14.3 Å². The van der Waals surface area contributed by atoms with E-state index in [9.17, 15) is 9.59 Å². The summed E-state index contributed by atoms with van der Waals surface area (Å²) in [6, 6.07) is 0. The maximum absolute atomic E-state index is 11.0. The van der Waals surface area contributed by atoms with Crippen LogP contribution in [-0.2, 0) is 14.3 Å². The summed E-state index contributed by atoms with van der Waals surface area (Å²) < 4.78 is 4.68. The number of unbranched alkanes of at least 4 members (excludes halogenated alkanes) is 1. The smallest absolute Gasteiger partial charge is 0.306 e. The summed E-state index contributed by atoms with van der Waals surface area (Å²) in [7, 11) is 0. The summed E-state index contributed by atoms with van der Waals surface area (Å²) in [4.78, 5) is 21.9. The van der Waals surface area contributed by atoms with E-state index >= 15 is 0 Å². The second-order valence-corrected chi connectivity index (χ2v) is 2.78. The molecule has 0 rings (SSSR count). The Morgan fingerprint density at radius 2 is 1.93 bits per heavy atom. The molecule has 0 saturated carbocycles. The Morgan fingerprint density at radius 1 is 1.21 bits per heavy atom. The molecule has 0 N–H and O–H groups in total. The van der Waals surface area contributed by atoms with E-state index in [1.54, 1.807) is 6.92 Å². The van der Waals surface area contributed by atoms with Gasteiger partial charge in [0.2, 0.25) is 5.78 Å². The van der Waals surface area contributed by atoms with Crippen LogP contribution < -0.4 is 0 Å². The zero-order valence-electron chi connectivity index (χ0n) is 8.76. The lowest BCUT2D eigenvalue weighted by Crippen LogP contribution is -2.06. The third kappa shape index (κ3) is 7.35. The van der Waals surface area contributed by atoms with Crippen LogP contribution in [0.15, 0.2) is 0 Å². The van der Waals surface area contributed by atoms with Crippen LogP contribution in [0.3, 0.4) is 0 Å². The highest BCUT2D eigenvalue weighted by Crippen LogP contribution is 1.94. The summed E-state index contributed by atoms with van der Waals surface area (Å²) in [5, 5.41) is 0. The van der Waals surface area contributed by atoms with Crippen molar-refractivity contribution in [3.63, 3.8) is 0 Å². The molecule has 0 amide bonds. The number of rotatable bonds is 5. The minimum absolute atomic E-state index is 0.132. The first-order valence-corrected chi connectivity index (χ1v) is 4.88. The van der Waals surface area contributed by atoms with Gasteiger partial charge >= 0.3 is 5.97 Å². The summed E-state index contributed by atoms with van der Waals surface area (Å²) in [6.45, 7) is 4.09. The van der Waals surface area contributed by atoms with Gasteiger partial charge in [-0.3, -0.25) is 9.59 Å². The van der Waals surface area contributed by atoms with Gasteiger partial charge in [-0.25, -0.2) is 0 Å². The lowest BCUT2D eigenvalue weighted by molar-refractivity contribution is -0.144. The summed E-state index contributed by atoms with van der Waals surface area (Å²) >= 11 is 0. The molecule has 14 heavy (non-hydrogen) atoms. The van der Waals surface area contributed by atoms with Crippen LogP contribution in [0.1, 0.15) is 39.5 Å². The molecule has 0 aliphatic rings. The van der Waals surface area contributed by atoms with E-state index in [4.69, 9.17) is 0 Å². The highest BCUT2D eigenvalue weighted by Gasteiger charge is 2.04. The lowest BCUT2D eigenvalue weighted by Gasteiger charge is -1.97. The second-order valence-electron chi connectivity index (χ2n) is 2.78. The molecule has 0 spiro atoms. The summed E-state index contributed by atoms with van der Waals surface area (Å²) in [5.41, 5.74) is 0. The molecular formula is C11H16O3. The third-order valence-electron chi connectivity index (χ3n) is 1.46. The van der Waals surface area contributed by atoms with Gasteiger partial charge in [0.25, 0.3) is 0 Å². The summed E-state index contributed by atoms with van der Waals surface area (Å²) in [6.07, 6.45) is 1.96. The third-order valence-corrected chi connectivity index (χ3v) is 1.46. The first-order valence-electron chi connectivity index (χ1n) is 4.88. The minimum Gasteiger partial charge on any atom is -0.466 e. The highest BCUT2D eigenvalue weighted by atomic mass is 16.5. The van der Waals surface area contributed by atoms with Crippen LogP contribution in [0.25, 0.3) is 0 Å². The standard InChI is InChI=1S/C11H16O3/c1-3-5-6-7-10(12)8-9-11(13)14-4-2/h3-5,8-9H2,1-2H3. The van der Waals surface area contributed by atoms with Crippen molar-refractivity contribution in [2.45, 2.75) is 39.5 Å². The lowest BCUT2D eigenvalue weighted by atomic mass is 10.2. The van der Waals surface area contributed by atoms with Crippen LogP contribution in [-0.4, -0.2) is 18.4 Å². The monoisotopic (exact) mass is 196 g/mol. The molecule has 3 nitrogen and oxygen atoms in total. The van der Waals surface area contributed by atoms with Crippen molar-refractivity contribution in [1.82, 2.24) is 0 Å². The molecule has 0 aliphatic heterocycles. The number of hydrogen-bond donors (Lipinski definition) is 0. The van der Waals surface area contributed by atoms with E-state index in [1.165, 1.54) is 0 Å². The molecule has 0 aromatic carbocycles. The van der Waals surface area contributed by atoms with Gasteiger partial charge in [-0.05, 0) is 19.3 Å². The van der Waals surface area contributed by atoms with Crippen LogP contribution in [0.5, 0.6) is 0 Å². The fraction of sp³-hybridized carbons (Fsp3) is 0.636. The van der Waals surface area contributed by atoms with Gasteiger partial charge in [0.05, 0.1) is 13.0 Å². The molecule has 0 bridgehead atoms. The largest absolute Gasteiger partial charge is 0.466 e. The van der Waals surface area contributed by atoms with Gasteiger partial charge < -0.3 is 4.74 Å². The van der Waals surface area contributed by atoms with Gasteiger partial charge in [0, 0.05) is 12.8 Å². The van der Waals surface area contributed by atoms with Gasteiger partial charge in [-0.1, -0.05) is 12.8 Å². The predicted octanol–water partition coefficient (Wildman–Crippen LogP) is 1.70. The minimum atomic E-state index is -0.335. The van der Waals surface area contributed by atoms with Crippen molar-refractivity contribution >= 4 is 11.8 Å². The average molecular weight is 196 g/mol. The van der Waals surface area contributed by atoms with Crippen LogP contribution in [0.2, 0.25) is 0 Å². The van der Waals surface area contributed by atoms with Crippen LogP contribution >= 0.6 is 0 Å². The number of carbonyl (C=O) groups excluding carboxylic acids is 2. The molecule has 0 unspecified atom stereocenters. The summed E-state index contributed by atoms with van der Waals surface area (Å²) in [5.74, 6) is 4.70. The first kappa shape index (κ1) is 12.7. The van der Waals surface area contributed by atoms with E-state index in [0.717, 1.165) is 12.8 Å². The number of carbonyl (C=O) groups is 2. The fourth-order valence-corrected chi connectivity index (χ4v) is 0.797. The quantitative estimate of drug-likeness (QED) is 0.382. The Hall–Kier alpha value is -1.30. The van der Waals surface area contributed by atoms with Gasteiger partial charge in [0.1, 0.15) is 0 Å². The zero-order chi connectivity index (χ0) is 10.8. The van der Waals surface area contributed by atoms with E-state index in [2.05, 4.69) is 16.6 Å². The number of ketones is 1. The van der Waals surface area contributed by atoms with Crippen molar-refractivity contribution in [2.75, 3.05) is 6.61 Å². The second kappa shape index (κ2) is 8.31. The zero-order valence-corrected chi connectivity index (χ0v) is 8.76. The van der Waals surface area contributed by atoms with Crippen molar-refractivity contribution in [3.05, 3.63) is 0 Å². The van der Waals surface area contributed by atoms with E-state index in [1.807, 2.05) is 6.92 Å². The normalized spacial score (nSPS) is 8.71. The van der Waals surface area contributed by atoms with Crippen LogP contribution in [0.4, 0.5) is 0 Å². The predicted molar refractivity (Wildman–Crippen MR) is 53.6 cm³/mol. The number of Topliss-reactive ketones (excluding diaryl/α,β-unsaturated/α-hetero) is 1. The maximum Gasteiger partial charge on any atom is 0.306 e. The molecule has 0 radical (unpaired) electrons. The Bertz CT molecular complexity index is 245. The SMILES string of the molecule is CCCC#CC(=O)CCC(=O)OCC. The van der Waals surface area contributed by atoms with Gasteiger partial charge in [-0.15, -0.1) is 0 Å². The maximum atomic E-state index is 11.0. The van der Waals surface area contributed by atoms with Gasteiger partial charge in [-0.2, -0.15) is 0 Å². The van der Waals surface area contributed by atoms with Crippen molar-refractivity contribution in [1.29, 1.82) is 0 Å². The molecule has 0 saturated heterocycles. The molecule has 0 aromatic rings. The Kier molecular flexibility index (Phi) is 7.53. The molecule has 0 atom stereocenters. The van der Waals surface area contributed by atoms with E-state index in [-0.39, 0.29) is 24.6 Å². The molecule has 0 heterocycles. The molecule has 0 fully saturated rings. The Labute approximate surface area is 84.8 Å². The van der Waals surface area contributed by atoms with Crippen molar-refractivity contribution in [2.24, 2.45) is 0 Å². The van der Waals surface area contributed by atoms with Crippen LogP contribution in [0, 0.1) is 11.8 Å². The number of hydrogen-bond acceptors (Lipinski definition) is 3. The molecule has 0 aromatic heterocycles. The highest BCUT2D eigenvalue weighted by molar-refractivity contribution is 5.96. The Morgan fingerprint density at radius 3 is 2.50 bits per heavy atom. The van der Waals surface area contributed by atoms with Crippen molar-refractivity contribution in [3.8, 4) is 11.8 Å². The van der Waals surface area contributed by atoms with E-state index < -0.39 is 0 Å². The number of esters is 1.